The number of benzene rings is 3. The number of fused-ring (bicyclic) bond motifs is 1. The van der Waals surface area contributed by atoms with Crippen LogP contribution < -0.4 is 23.8 Å². The highest BCUT2D eigenvalue weighted by Gasteiger charge is 2.64. The van der Waals surface area contributed by atoms with Gasteiger partial charge in [-0.05, 0) is 74.0 Å². The van der Waals surface area contributed by atoms with Gasteiger partial charge in [-0.25, -0.2) is 12.7 Å². The minimum Gasteiger partial charge on any atom is -0.497 e. The van der Waals surface area contributed by atoms with Crippen molar-refractivity contribution in [1.82, 2.24) is 15.1 Å². The van der Waals surface area contributed by atoms with Crippen LogP contribution in [0.15, 0.2) is 59.5 Å². The van der Waals surface area contributed by atoms with Gasteiger partial charge in [-0.2, -0.15) is 0 Å². The summed E-state index contributed by atoms with van der Waals surface area (Å²) in [5.74, 6) is -2.86. The molecule has 52 heavy (non-hydrogen) atoms. The van der Waals surface area contributed by atoms with E-state index in [1.54, 1.807) is 18.2 Å². The zero-order valence-electron chi connectivity index (χ0n) is 29.2. The summed E-state index contributed by atoms with van der Waals surface area (Å²) >= 11 is 6.56. The van der Waals surface area contributed by atoms with Crippen molar-refractivity contribution in [3.8, 4) is 17.2 Å². The van der Waals surface area contributed by atoms with Crippen LogP contribution in [-0.2, 0) is 31.6 Å². The van der Waals surface area contributed by atoms with Gasteiger partial charge in [0.15, 0.2) is 11.3 Å². The number of methoxy groups -OCH3 is 2. The number of nitrogens with one attached hydrogen (secondary N) is 1. The molecule has 3 aromatic rings. The van der Waals surface area contributed by atoms with E-state index in [-0.39, 0.29) is 46.3 Å². The van der Waals surface area contributed by atoms with Gasteiger partial charge in [0.25, 0.3) is 15.9 Å². The lowest BCUT2D eigenvalue weighted by Gasteiger charge is -2.41. The van der Waals surface area contributed by atoms with Crippen molar-refractivity contribution in [2.75, 3.05) is 51.8 Å². The summed E-state index contributed by atoms with van der Waals surface area (Å²) < 4.78 is 85.8. The van der Waals surface area contributed by atoms with Crippen LogP contribution in [0.2, 0.25) is 5.02 Å². The minimum absolute atomic E-state index is 0.00238. The van der Waals surface area contributed by atoms with Crippen molar-refractivity contribution in [2.45, 2.75) is 55.6 Å². The van der Waals surface area contributed by atoms with Gasteiger partial charge in [-0.3, -0.25) is 14.5 Å². The number of halogens is 4. The molecule has 2 N–H and O–H groups in total. The number of hydrogen-bond donors (Lipinski definition) is 2. The van der Waals surface area contributed by atoms with Gasteiger partial charge in [-0.1, -0.05) is 31.5 Å². The van der Waals surface area contributed by atoms with Gasteiger partial charge in [0.2, 0.25) is 5.91 Å². The predicted molar refractivity (Wildman–Crippen MR) is 186 cm³/mol. The SMILES string of the molecule is CCN(CC)CCc1ccc(OC)c(C2(N3C[C@H](O)C[C@H]3C(=O)NC)C(=O)N(S(=O)(=O)c3ccc(OC)cc3OC(F)(F)F)c3ccc(Cl)cc32)c1. The lowest BCUT2D eigenvalue weighted by Crippen LogP contribution is -2.59. The third kappa shape index (κ3) is 7.01. The summed E-state index contributed by atoms with van der Waals surface area (Å²) in [6.45, 7) is 5.98. The Kier molecular flexibility index (Phi) is 11.4. The van der Waals surface area contributed by atoms with E-state index >= 15 is 4.79 Å². The Morgan fingerprint density at radius 3 is 2.37 bits per heavy atom. The minimum atomic E-state index is -5.31. The molecule has 5 rings (SSSR count). The molecule has 0 saturated carbocycles. The molecule has 0 bridgehead atoms. The molecule has 0 aromatic heterocycles. The molecule has 2 aliphatic rings. The van der Waals surface area contributed by atoms with E-state index in [0.29, 0.717) is 17.3 Å². The third-order valence-corrected chi connectivity index (χ3v) is 11.5. The summed E-state index contributed by atoms with van der Waals surface area (Å²) in [7, 11) is -1.32. The van der Waals surface area contributed by atoms with Crippen LogP contribution in [0.25, 0.3) is 0 Å². The summed E-state index contributed by atoms with van der Waals surface area (Å²) in [4.78, 5) is 31.6. The van der Waals surface area contributed by atoms with E-state index < -0.39 is 56.5 Å². The lowest BCUT2D eigenvalue weighted by atomic mass is 9.80. The highest BCUT2D eigenvalue weighted by atomic mass is 35.5. The molecule has 2 aliphatic heterocycles. The molecule has 282 valence electrons. The fourth-order valence-corrected chi connectivity index (χ4v) is 8.76. The van der Waals surface area contributed by atoms with Crippen molar-refractivity contribution < 1.29 is 50.5 Å². The highest BCUT2D eigenvalue weighted by molar-refractivity contribution is 7.93. The molecular weight excluding hydrogens is 729 g/mol. The number of anilines is 1. The lowest BCUT2D eigenvalue weighted by molar-refractivity contribution is -0.275. The molecule has 0 spiro atoms. The Bertz CT molecular complexity index is 1950. The average molecular weight is 769 g/mol. The van der Waals surface area contributed by atoms with E-state index in [4.69, 9.17) is 21.1 Å². The smallest absolute Gasteiger partial charge is 0.497 e. The number of rotatable bonds is 13. The molecule has 0 aliphatic carbocycles. The van der Waals surface area contributed by atoms with E-state index in [1.807, 2.05) is 13.8 Å². The molecule has 17 heteroatoms. The molecule has 1 unspecified atom stereocenters. The van der Waals surface area contributed by atoms with Gasteiger partial charge in [0, 0.05) is 42.4 Å². The van der Waals surface area contributed by atoms with Gasteiger partial charge in [-0.15, -0.1) is 13.2 Å². The molecular formula is C35H40ClF3N4O8S. The number of aliphatic hydroxyl groups excluding tert-OH is 1. The number of hydrogen-bond acceptors (Lipinski definition) is 10. The fraction of sp³-hybridized carbons (Fsp3) is 0.429. The first kappa shape index (κ1) is 39.1. The Labute approximate surface area is 305 Å². The van der Waals surface area contributed by atoms with Gasteiger partial charge >= 0.3 is 6.36 Å². The van der Waals surface area contributed by atoms with E-state index in [9.17, 15) is 31.5 Å². The first-order valence-corrected chi connectivity index (χ1v) is 18.3. The molecule has 2 heterocycles. The number of likely N-dealkylation sites (N-methyl/N-ethyl adjacent to an activating group) is 2. The number of sulfonamides is 1. The third-order valence-electron chi connectivity index (χ3n) is 9.48. The van der Waals surface area contributed by atoms with Gasteiger partial charge in [0.05, 0.1) is 32.1 Å². The zero-order valence-corrected chi connectivity index (χ0v) is 30.7. The maximum Gasteiger partial charge on any atom is 0.573 e. The first-order valence-electron chi connectivity index (χ1n) is 16.5. The van der Waals surface area contributed by atoms with Crippen LogP contribution in [0.5, 0.6) is 17.2 Å². The monoisotopic (exact) mass is 768 g/mol. The topological polar surface area (TPSA) is 138 Å². The van der Waals surface area contributed by atoms with Crippen LogP contribution >= 0.6 is 11.6 Å². The fourth-order valence-electron chi connectivity index (χ4n) is 7.03. The van der Waals surface area contributed by atoms with Crippen molar-refractivity contribution >= 4 is 39.1 Å². The normalized spacial score (nSPS) is 20.7. The van der Waals surface area contributed by atoms with Crippen LogP contribution in [0.1, 0.15) is 37.0 Å². The molecule has 1 fully saturated rings. The number of alkyl halides is 3. The number of ether oxygens (including phenoxy) is 3. The number of amides is 2. The maximum absolute atomic E-state index is 15.5. The maximum atomic E-state index is 15.5. The Hall–Kier alpha value is -4.09. The molecule has 12 nitrogen and oxygen atoms in total. The molecule has 2 amide bonds. The van der Waals surface area contributed by atoms with Crippen molar-refractivity contribution in [3.63, 3.8) is 0 Å². The number of likely N-dealkylation sites (tertiary alicyclic amines) is 1. The second kappa shape index (κ2) is 15.1. The average Bonchev–Trinajstić information content (AvgIpc) is 3.61. The quantitative estimate of drug-likeness (QED) is 0.259. The number of nitrogens with zero attached hydrogens (tertiary/aromatic N) is 3. The van der Waals surface area contributed by atoms with Gasteiger partial charge in [0.1, 0.15) is 16.4 Å². The summed E-state index contributed by atoms with van der Waals surface area (Å²) in [5, 5.41) is 13.7. The van der Waals surface area contributed by atoms with Crippen LogP contribution in [0, 0.1) is 0 Å². The first-order chi connectivity index (χ1) is 24.6. The molecule has 1 saturated heterocycles. The standard InChI is InChI=1S/C35H40ClF3N4O8S/c1-6-41(7-2)15-14-21-8-12-29(50-5)26(16-21)34(42-20-23(44)18-28(42)32(45)40-3)25-17-22(36)9-11-27(25)43(33(34)46)52(47,48)31-13-10-24(49-4)19-30(31)51-35(37,38)39/h8-13,16-17,19,23,28,44H,6-7,14-15,18,20H2,1-5H3,(H,40,45)/t23-,28+,34?/m1/s1. The Morgan fingerprint density at radius 2 is 1.75 bits per heavy atom. The second-order valence-corrected chi connectivity index (χ2v) is 14.5. The number of carbonyl (C=O) groups is 2. The molecule has 0 radical (unpaired) electrons. The largest absolute Gasteiger partial charge is 0.573 e. The number of carbonyl (C=O) groups excluding carboxylic acids is 2. The Morgan fingerprint density at radius 1 is 1.04 bits per heavy atom. The second-order valence-electron chi connectivity index (χ2n) is 12.3. The van der Waals surface area contributed by atoms with Crippen LogP contribution in [0.4, 0.5) is 18.9 Å². The summed E-state index contributed by atoms with van der Waals surface area (Å²) in [5.41, 5.74) is -1.57. The highest BCUT2D eigenvalue weighted by Crippen LogP contribution is 2.55. The van der Waals surface area contributed by atoms with Crippen molar-refractivity contribution in [1.29, 1.82) is 0 Å². The van der Waals surface area contributed by atoms with Crippen LogP contribution in [-0.4, -0.2) is 101 Å². The van der Waals surface area contributed by atoms with E-state index in [0.717, 1.165) is 36.9 Å². The number of aliphatic hydroxyl groups is 1. The van der Waals surface area contributed by atoms with Crippen molar-refractivity contribution in [2.24, 2.45) is 0 Å². The Balaban J connectivity index is 1.85. The number of β-amino-alcohol motifs (C(OH)–C–C–N with tert-alkyl or cyclic N) is 1. The van der Waals surface area contributed by atoms with E-state index in [2.05, 4.69) is 15.0 Å². The zero-order chi connectivity index (χ0) is 38.2. The summed E-state index contributed by atoms with van der Waals surface area (Å²) in [6, 6.07) is 10.6. The molecule has 3 aromatic carbocycles. The predicted octanol–water partition coefficient (Wildman–Crippen LogP) is 4.30. The van der Waals surface area contributed by atoms with E-state index in [1.165, 1.54) is 44.4 Å². The van der Waals surface area contributed by atoms with Crippen molar-refractivity contribution in [3.05, 3.63) is 76.3 Å². The molecule has 3 atom stereocenters. The van der Waals surface area contributed by atoms with Crippen LogP contribution in [0.3, 0.4) is 0 Å². The summed E-state index contributed by atoms with van der Waals surface area (Å²) in [6.07, 6.45) is -6.06. The van der Waals surface area contributed by atoms with Gasteiger partial charge < -0.3 is 29.5 Å².